The second-order valence-corrected chi connectivity index (χ2v) is 10.4. The number of amides is 1. The summed E-state index contributed by atoms with van der Waals surface area (Å²) < 4.78 is 10.8. The maximum atomic E-state index is 13.1. The van der Waals surface area contributed by atoms with Crippen LogP contribution in [0.5, 0.6) is 11.5 Å². The molecule has 0 N–H and O–H groups in total. The Labute approximate surface area is 185 Å². The van der Waals surface area contributed by atoms with Gasteiger partial charge in [0.15, 0.2) is 11.5 Å². The molecule has 2 saturated heterocycles. The van der Waals surface area contributed by atoms with E-state index in [-0.39, 0.29) is 11.7 Å². The van der Waals surface area contributed by atoms with Crippen molar-refractivity contribution in [2.45, 2.75) is 12.7 Å². The van der Waals surface area contributed by atoms with Crippen molar-refractivity contribution in [3.8, 4) is 11.5 Å². The lowest BCUT2D eigenvalue weighted by molar-refractivity contribution is -0.124. The van der Waals surface area contributed by atoms with E-state index in [1.165, 1.54) is 24.4 Å². The standard InChI is InChI=1S/C24H30N3O3P/c1-15-7-19(26-12-17-10-25(2)11-18(17)13-26)14-27-23(28)9-22(31-24(15)27)16-5-6-20(29-3)21(8-16)30-4/h5-9,14,17-18,24,31H,10-13H2,1-4H3/t17-,18?,24?/m1/s1. The summed E-state index contributed by atoms with van der Waals surface area (Å²) in [4.78, 5) is 20.0. The SMILES string of the molecule is COc1ccc(C2=CC(=O)N3C=C(N4CC5CN(C)C[C@@H]5C4)C=C(C)C3P2)cc1OC. The van der Waals surface area contributed by atoms with E-state index in [0.29, 0.717) is 20.1 Å². The molecular weight excluding hydrogens is 409 g/mol. The number of allylic oxidation sites excluding steroid dienone is 1. The quantitative estimate of drug-likeness (QED) is 0.675. The predicted molar refractivity (Wildman–Crippen MR) is 124 cm³/mol. The van der Waals surface area contributed by atoms with Crippen LogP contribution in [0.2, 0.25) is 0 Å². The van der Waals surface area contributed by atoms with E-state index in [1.807, 2.05) is 23.1 Å². The summed E-state index contributed by atoms with van der Waals surface area (Å²) in [6.45, 7) is 6.70. The maximum Gasteiger partial charge on any atom is 0.252 e. The molecule has 7 heteroatoms. The molecule has 0 aromatic heterocycles. The first-order chi connectivity index (χ1) is 15.0. The van der Waals surface area contributed by atoms with E-state index in [9.17, 15) is 4.79 Å². The third kappa shape index (κ3) is 3.66. The summed E-state index contributed by atoms with van der Waals surface area (Å²) in [5, 5.41) is 1.07. The molecule has 0 radical (unpaired) electrons. The zero-order valence-corrected chi connectivity index (χ0v) is 19.6. The molecule has 0 bridgehead atoms. The minimum atomic E-state index is 0.0533. The second kappa shape index (κ2) is 7.99. The Morgan fingerprint density at radius 1 is 1.00 bits per heavy atom. The fraction of sp³-hybridized carbons (Fsp3) is 0.458. The van der Waals surface area contributed by atoms with Gasteiger partial charge in [-0.1, -0.05) is 14.6 Å². The van der Waals surface area contributed by atoms with Crippen molar-refractivity contribution in [2.24, 2.45) is 11.8 Å². The van der Waals surface area contributed by atoms with Crippen LogP contribution in [0.15, 0.2) is 47.8 Å². The molecule has 4 atom stereocenters. The van der Waals surface area contributed by atoms with Crippen LogP contribution in [0.3, 0.4) is 0 Å². The minimum absolute atomic E-state index is 0.0533. The summed E-state index contributed by atoms with van der Waals surface area (Å²) in [7, 11) is 5.97. The Morgan fingerprint density at radius 3 is 2.39 bits per heavy atom. The van der Waals surface area contributed by atoms with E-state index in [4.69, 9.17) is 9.47 Å². The highest BCUT2D eigenvalue weighted by molar-refractivity contribution is 7.51. The van der Waals surface area contributed by atoms with Gasteiger partial charge in [0.05, 0.1) is 25.7 Å². The van der Waals surface area contributed by atoms with Crippen molar-refractivity contribution in [2.75, 3.05) is 47.4 Å². The smallest absolute Gasteiger partial charge is 0.252 e. The Morgan fingerprint density at radius 2 is 1.71 bits per heavy atom. The largest absolute Gasteiger partial charge is 0.493 e. The fourth-order valence-electron chi connectivity index (χ4n) is 5.33. The number of hydrogen-bond acceptors (Lipinski definition) is 5. The van der Waals surface area contributed by atoms with Gasteiger partial charge in [0, 0.05) is 38.5 Å². The number of fused-ring (bicyclic) bond motifs is 2. The van der Waals surface area contributed by atoms with Crippen molar-refractivity contribution in [3.63, 3.8) is 0 Å². The first-order valence-corrected chi connectivity index (χ1v) is 11.9. The maximum absolute atomic E-state index is 13.1. The van der Waals surface area contributed by atoms with Gasteiger partial charge in [-0.2, -0.15) is 0 Å². The predicted octanol–water partition coefficient (Wildman–Crippen LogP) is 3.19. The summed E-state index contributed by atoms with van der Waals surface area (Å²) >= 11 is 0. The van der Waals surface area contributed by atoms with Crippen molar-refractivity contribution in [3.05, 3.63) is 53.4 Å². The number of nitrogens with zero attached hydrogens (tertiary/aromatic N) is 3. The lowest BCUT2D eigenvalue weighted by Crippen LogP contribution is -2.39. The zero-order chi connectivity index (χ0) is 21.7. The van der Waals surface area contributed by atoms with Crippen molar-refractivity contribution < 1.29 is 14.3 Å². The molecule has 5 rings (SSSR count). The average Bonchev–Trinajstić information content (AvgIpc) is 3.31. The number of methoxy groups -OCH3 is 2. The van der Waals surface area contributed by atoms with Crippen LogP contribution >= 0.6 is 8.58 Å². The molecule has 3 unspecified atom stereocenters. The normalized spacial score (nSPS) is 28.8. The molecule has 6 nitrogen and oxygen atoms in total. The first kappa shape index (κ1) is 20.6. The monoisotopic (exact) mass is 439 g/mol. The van der Waals surface area contributed by atoms with E-state index in [1.54, 1.807) is 20.3 Å². The summed E-state index contributed by atoms with van der Waals surface area (Å²) in [5.41, 5.74) is 3.46. The molecular formula is C24H30N3O3P. The van der Waals surface area contributed by atoms with Gasteiger partial charge in [-0.25, -0.2) is 0 Å². The van der Waals surface area contributed by atoms with E-state index in [0.717, 1.165) is 35.8 Å². The Balaban J connectivity index is 1.38. The molecule has 4 heterocycles. The summed E-state index contributed by atoms with van der Waals surface area (Å²) in [6.07, 6.45) is 6.17. The van der Waals surface area contributed by atoms with Crippen LogP contribution in [0, 0.1) is 11.8 Å². The van der Waals surface area contributed by atoms with Gasteiger partial charge in [-0.15, -0.1) is 0 Å². The number of hydrogen-bond donors (Lipinski definition) is 0. The molecule has 31 heavy (non-hydrogen) atoms. The topological polar surface area (TPSA) is 45.2 Å². The van der Waals surface area contributed by atoms with Crippen LogP contribution in [0.4, 0.5) is 0 Å². The van der Waals surface area contributed by atoms with Crippen LogP contribution in [-0.4, -0.2) is 73.8 Å². The van der Waals surface area contributed by atoms with Gasteiger partial charge < -0.3 is 24.2 Å². The van der Waals surface area contributed by atoms with Crippen LogP contribution in [0.25, 0.3) is 5.31 Å². The van der Waals surface area contributed by atoms with Crippen molar-refractivity contribution in [1.82, 2.24) is 14.7 Å². The van der Waals surface area contributed by atoms with Gasteiger partial charge in [0.1, 0.15) is 0 Å². The van der Waals surface area contributed by atoms with Crippen LogP contribution < -0.4 is 9.47 Å². The third-order valence-electron chi connectivity index (χ3n) is 6.90. The number of ether oxygens (including phenoxy) is 2. The first-order valence-electron chi connectivity index (χ1n) is 10.8. The third-order valence-corrected chi connectivity index (χ3v) is 8.65. The van der Waals surface area contributed by atoms with E-state index >= 15 is 0 Å². The number of rotatable bonds is 4. The fourth-order valence-corrected chi connectivity index (χ4v) is 6.80. The zero-order valence-electron chi connectivity index (χ0n) is 18.6. The number of benzene rings is 1. The molecule has 4 aliphatic rings. The van der Waals surface area contributed by atoms with E-state index in [2.05, 4.69) is 36.0 Å². The minimum Gasteiger partial charge on any atom is -0.493 e. The van der Waals surface area contributed by atoms with Gasteiger partial charge in [0.2, 0.25) is 0 Å². The molecule has 4 aliphatic heterocycles. The Hall–Kier alpha value is -2.30. The summed E-state index contributed by atoms with van der Waals surface area (Å²) in [5.74, 6) is 3.02. The van der Waals surface area contributed by atoms with Gasteiger partial charge >= 0.3 is 0 Å². The molecule has 1 amide bonds. The second-order valence-electron chi connectivity index (χ2n) is 9.01. The molecule has 1 aromatic rings. The molecule has 2 fully saturated rings. The summed E-state index contributed by atoms with van der Waals surface area (Å²) in [6, 6.07) is 5.87. The van der Waals surface area contributed by atoms with Gasteiger partial charge in [-0.05, 0) is 60.5 Å². The van der Waals surface area contributed by atoms with Crippen molar-refractivity contribution in [1.29, 1.82) is 0 Å². The number of carbonyl (C=O) groups is 1. The van der Waals surface area contributed by atoms with Crippen LogP contribution in [0.1, 0.15) is 12.5 Å². The Kier molecular flexibility index (Phi) is 5.31. The highest BCUT2D eigenvalue weighted by atomic mass is 31.1. The van der Waals surface area contributed by atoms with Crippen LogP contribution in [-0.2, 0) is 4.79 Å². The molecule has 1 aromatic carbocycles. The van der Waals surface area contributed by atoms with Gasteiger partial charge in [0.25, 0.3) is 5.91 Å². The average molecular weight is 439 g/mol. The molecule has 164 valence electrons. The lowest BCUT2D eigenvalue weighted by atomic mass is 10.0. The lowest BCUT2D eigenvalue weighted by Gasteiger charge is -2.38. The number of likely N-dealkylation sites (tertiary alicyclic amines) is 2. The number of carbonyl (C=O) groups excluding carboxylic acids is 1. The van der Waals surface area contributed by atoms with Gasteiger partial charge in [-0.3, -0.25) is 4.79 Å². The molecule has 0 aliphatic carbocycles. The highest BCUT2D eigenvalue weighted by Crippen LogP contribution is 2.48. The highest BCUT2D eigenvalue weighted by Gasteiger charge is 2.40. The molecule has 0 spiro atoms. The van der Waals surface area contributed by atoms with E-state index < -0.39 is 0 Å². The molecule has 0 saturated carbocycles. The Bertz CT molecular complexity index is 988. The van der Waals surface area contributed by atoms with Crippen molar-refractivity contribution >= 4 is 19.8 Å².